The Balaban J connectivity index is 2.63. The number of fused-ring (bicyclic) bond motifs is 1. The van der Waals surface area contributed by atoms with Crippen LogP contribution < -0.4 is 10.5 Å². The van der Waals surface area contributed by atoms with Crippen LogP contribution in [-0.2, 0) is 0 Å². The first-order valence-electron chi connectivity index (χ1n) is 3.94. The molecule has 0 aromatic heterocycles. The number of rotatable bonds is 0. The number of benzene rings is 1. The van der Waals surface area contributed by atoms with Gasteiger partial charge in [0.2, 0.25) is 0 Å². The molecule has 0 fully saturated rings. The van der Waals surface area contributed by atoms with Crippen LogP contribution in [0.3, 0.4) is 0 Å². The molecule has 4 heteroatoms. The van der Waals surface area contributed by atoms with Crippen LogP contribution in [0.5, 0.6) is 5.75 Å². The van der Waals surface area contributed by atoms with Crippen molar-refractivity contribution in [3.8, 4) is 5.75 Å². The third-order valence-electron chi connectivity index (χ3n) is 2.02. The average Bonchev–Trinajstić information content (AvgIpc) is 2.12. The summed E-state index contributed by atoms with van der Waals surface area (Å²) in [4.78, 5) is 11.4. The number of hydrogen-bond donors (Lipinski definition) is 1. The van der Waals surface area contributed by atoms with E-state index in [1.807, 2.05) is 6.07 Å². The predicted octanol–water partition coefficient (Wildman–Crippen LogP) is 1.84. The topological polar surface area (TPSA) is 52.3 Å². The van der Waals surface area contributed by atoms with Gasteiger partial charge in [-0.25, -0.2) is 0 Å². The Morgan fingerprint density at radius 1 is 1.46 bits per heavy atom. The smallest absolute Gasteiger partial charge is 0.170 e. The van der Waals surface area contributed by atoms with E-state index < -0.39 is 0 Å². The Morgan fingerprint density at radius 3 is 3.00 bits per heavy atom. The van der Waals surface area contributed by atoms with Gasteiger partial charge in [-0.05, 0) is 34.7 Å². The molecule has 0 saturated carbocycles. The molecule has 0 spiro atoms. The maximum absolute atomic E-state index is 11.4. The van der Waals surface area contributed by atoms with Crippen molar-refractivity contribution in [2.24, 2.45) is 0 Å². The van der Waals surface area contributed by atoms with Gasteiger partial charge in [0.05, 0.1) is 17.9 Å². The minimum absolute atomic E-state index is 0.115. The van der Waals surface area contributed by atoms with Crippen molar-refractivity contribution in [3.05, 3.63) is 21.3 Å². The van der Waals surface area contributed by atoms with Crippen LogP contribution in [0, 0.1) is 3.57 Å². The molecule has 1 aliphatic heterocycles. The molecular formula is C9H8INO2. The van der Waals surface area contributed by atoms with Crippen LogP contribution in [0.4, 0.5) is 5.69 Å². The van der Waals surface area contributed by atoms with E-state index in [1.165, 1.54) is 0 Å². The van der Waals surface area contributed by atoms with E-state index in [0.717, 1.165) is 3.57 Å². The summed E-state index contributed by atoms with van der Waals surface area (Å²) in [6, 6.07) is 3.61. The molecular weight excluding hydrogens is 281 g/mol. The second-order valence-electron chi connectivity index (χ2n) is 2.86. The van der Waals surface area contributed by atoms with Crippen LogP contribution in [0.1, 0.15) is 16.8 Å². The van der Waals surface area contributed by atoms with Crippen molar-refractivity contribution in [2.45, 2.75) is 6.42 Å². The molecule has 0 radical (unpaired) electrons. The lowest BCUT2D eigenvalue weighted by molar-refractivity contribution is 0.0934. The molecule has 0 amide bonds. The number of ketones is 1. The van der Waals surface area contributed by atoms with Gasteiger partial charge in [-0.2, -0.15) is 0 Å². The lowest BCUT2D eigenvalue weighted by Gasteiger charge is -2.18. The number of ether oxygens (including phenoxy) is 1. The number of carbonyl (C=O) groups is 1. The molecule has 2 N–H and O–H groups in total. The van der Waals surface area contributed by atoms with Crippen molar-refractivity contribution in [2.75, 3.05) is 12.3 Å². The monoisotopic (exact) mass is 289 g/mol. The molecule has 2 rings (SSSR count). The zero-order valence-corrected chi connectivity index (χ0v) is 9.00. The number of nitrogens with two attached hydrogens (primary N) is 1. The summed E-state index contributed by atoms with van der Waals surface area (Å²) in [5.74, 6) is 0.674. The van der Waals surface area contributed by atoms with Gasteiger partial charge in [0.15, 0.2) is 11.5 Å². The second-order valence-corrected chi connectivity index (χ2v) is 4.02. The third-order valence-corrected chi connectivity index (χ3v) is 2.96. The normalized spacial score (nSPS) is 15.0. The number of halogens is 1. The van der Waals surface area contributed by atoms with Crippen molar-refractivity contribution in [1.29, 1.82) is 0 Å². The van der Waals surface area contributed by atoms with Crippen LogP contribution in [-0.4, -0.2) is 12.4 Å². The lowest BCUT2D eigenvalue weighted by atomic mass is 10.0. The first-order valence-corrected chi connectivity index (χ1v) is 5.02. The van der Waals surface area contributed by atoms with Crippen molar-refractivity contribution >= 4 is 34.1 Å². The molecule has 0 unspecified atom stereocenters. The SMILES string of the molecule is Nc1c(I)ccc2c1OCCC2=O. The van der Waals surface area contributed by atoms with Crippen LogP contribution in [0.25, 0.3) is 0 Å². The first-order chi connectivity index (χ1) is 6.20. The van der Waals surface area contributed by atoms with Gasteiger partial charge >= 0.3 is 0 Å². The Kier molecular flexibility index (Phi) is 2.15. The van der Waals surface area contributed by atoms with Gasteiger partial charge in [-0.1, -0.05) is 0 Å². The van der Waals surface area contributed by atoms with E-state index in [-0.39, 0.29) is 5.78 Å². The third kappa shape index (κ3) is 1.39. The fraction of sp³-hybridized carbons (Fsp3) is 0.222. The zero-order chi connectivity index (χ0) is 9.42. The summed E-state index contributed by atoms with van der Waals surface area (Å²) in [5.41, 5.74) is 6.97. The fourth-order valence-electron chi connectivity index (χ4n) is 1.33. The number of carbonyl (C=O) groups excluding carboxylic acids is 1. The maximum atomic E-state index is 11.4. The highest BCUT2D eigenvalue weighted by Crippen LogP contribution is 2.34. The molecule has 1 aromatic rings. The number of Topliss-reactive ketones (excluding diaryl/α,β-unsaturated/α-hetero) is 1. The average molecular weight is 289 g/mol. The summed E-state index contributed by atoms with van der Waals surface area (Å²) in [5, 5.41) is 0. The summed E-state index contributed by atoms with van der Waals surface area (Å²) >= 11 is 2.12. The zero-order valence-electron chi connectivity index (χ0n) is 6.84. The van der Waals surface area contributed by atoms with E-state index in [0.29, 0.717) is 30.0 Å². The minimum Gasteiger partial charge on any atom is -0.490 e. The maximum Gasteiger partial charge on any atom is 0.170 e. The molecule has 13 heavy (non-hydrogen) atoms. The molecule has 0 atom stereocenters. The minimum atomic E-state index is 0.115. The van der Waals surface area contributed by atoms with E-state index in [4.69, 9.17) is 10.5 Å². The van der Waals surface area contributed by atoms with Crippen molar-refractivity contribution in [3.63, 3.8) is 0 Å². The number of anilines is 1. The van der Waals surface area contributed by atoms with Gasteiger partial charge in [0.25, 0.3) is 0 Å². The summed E-state index contributed by atoms with van der Waals surface area (Å²) < 4.78 is 6.28. The van der Waals surface area contributed by atoms with Crippen LogP contribution >= 0.6 is 22.6 Å². The molecule has 0 aliphatic carbocycles. The van der Waals surface area contributed by atoms with Crippen LogP contribution in [0.2, 0.25) is 0 Å². The summed E-state index contributed by atoms with van der Waals surface area (Å²) in [6.07, 6.45) is 0.451. The molecule has 68 valence electrons. The molecule has 0 saturated heterocycles. The second kappa shape index (κ2) is 3.17. The Morgan fingerprint density at radius 2 is 2.23 bits per heavy atom. The van der Waals surface area contributed by atoms with Crippen molar-refractivity contribution in [1.82, 2.24) is 0 Å². The van der Waals surface area contributed by atoms with Gasteiger partial charge in [0.1, 0.15) is 0 Å². The molecule has 0 bridgehead atoms. The highest BCUT2D eigenvalue weighted by molar-refractivity contribution is 14.1. The highest BCUT2D eigenvalue weighted by Gasteiger charge is 2.21. The molecule has 1 aromatic carbocycles. The quantitative estimate of drug-likeness (QED) is 0.585. The van der Waals surface area contributed by atoms with Gasteiger partial charge < -0.3 is 10.5 Å². The van der Waals surface area contributed by atoms with E-state index in [9.17, 15) is 4.79 Å². The van der Waals surface area contributed by atoms with Gasteiger partial charge in [-0.3, -0.25) is 4.79 Å². The van der Waals surface area contributed by atoms with Crippen molar-refractivity contribution < 1.29 is 9.53 Å². The standard InChI is InChI=1S/C9H8INO2/c10-6-2-1-5-7(12)3-4-13-9(5)8(6)11/h1-2H,3-4,11H2. The number of nitrogen functional groups attached to an aromatic ring is 1. The van der Waals surface area contributed by atoms with Gasteiger partial charge in [0, 0.05) is 9.99 Å². The fourth-order valence-corrected chi connectivity index (χ4v) is 1.76. The first kappa shape index (κ1) is 8.80. The molecule has 3 nitrogen and oxygen atoms in total. The Labute approximate surface area is 89.4 Å². The van der Waals surface area contributed by atoms with Gasteiger partial charge in [-0.15, -0.1) is 0 Å². The van der Waals surface area contributed by atoms with E-state index in [2.05, 4.69) is 22.6 Å². The lowest BCUT2D eigenvalue weighted by Crippen LogP contribution is -2.16. The number of hydrogen-bond acceptors (Lipinski definition) is 3. The summed E-state index contributed by atoms with van der Waals surface area (Å²) in [7, 11) is 0. The highest BCUT2D eigenvalue weighted by atomic mass is 127. The summed E-state index contributed by atoms with van der Waals surface area (Å²) in [6.45, 7) is 0.441. The van der Waals surface area contributed by atoms with Crippen LogP contribution in [0.15, 0.2) is 12.1 Å². The Bertz CT molecular complexity index is 376. The van der Waals surface area contributed by atoms with E-state index in [1.54, 1.807) is 6.07 Å². The molecule has 1 aliphatic rings. The predicted molar refractivity (Wildman–Crippen MR) is 58.0 cm³/mol. The Hall–Kier alpha value is -0.780. The van der Waals surface area contributed by atoms with E-state index >= 15 is 0 Å². The largest absolute Gasteiger partial charge is 0.490 e. The molecule has 1 heterocycles.